The van der Waals surface area contributed by atoms with Crippen LogP contribution in [0.2, 0.25) is 5.28 Å². The van der Waals surface area contributed by atoms with E-state index in [1.807, 2.05) is 0 Å². The Morgan fingerprint density at radius 1 is 1.20 bits per heavy atom. The molecule has 0 amide bonds. The second kappa shape index (κ2) is 8.11. The van der Waals surface area contributed by atoms with Gasteiger partial charge in [0.1, 0.15) is 18.5 Å². The lowest BCUT2D eigenvalue weighted by atomic mass is 10.1. The zero-order chi connectivity index (χ0) is 21.3. The highest BCUT2D eigenvalue weighted by Gasteiger charge is 2.34. The number of aromatic nitrogens is 4. The van der Waals surface area contributed by atoms with Gasteiger partial charge in [0.25, 0.3) is 5.88 Å². The van der Waals surface area contributed by atoms with Crippen molar-refractivity contribution in [2.24, 2.45) is 7.05 Å². The molecule has 4 rings (SSSR count). The lowest BCUT2D eigenvalue weighted by molar-refractivity contribution is -0.140. The molecule has 0 radical (unpaired) electrons. The molecule has 0 aliphatic carbocycles. The molecule has 1 aliphatic heterocycles. The van der Waals surface area contributed by atoms with Gasteiger partial charge in [-0.05, 0) is 17.2 Å². The Labute approximate surface area is 174 Å². The number of aryl methyl sites for hydroxylation is 1. The van der Waals surface area contributed by atoms with Crippen LogP contribution in [0.3, 0.4) is 0 Å². The molecule has 1 saturated heterocycles. The van der Waals surface area contributed by atoms with Gasteiger partial charge in [-0.2, -0.15) is 18.2 Å². The number of nitrogens with zero attached hydrogens (tertiary/aromatic N) is 4. The number of benzene rings is 1. The molecule has 0 saturated carbocycles. The molecule has 0 bridgehead atoms. The Kier molecular flexibility index (Phi) is 5.52. The first-order chi connectivity index (χ1) is 14.3. The summed E-state index contributed by atoms with van der Waals surface area (Å²) in [4.78, 5) is 11.6. The second-order valence-corrected chi connectivity index (χ2v) is 6.97. The molecule has 3 aromatic rings. The minimum atomic E-state index is -4.49. The van der Waals surface area contributed by atoms with Crippen LogP contribution >= 0.6 is 11.6 Å². The molecule has 0 unspecified atom stereocenters. The van der Waals surface area contributed by atoms with Crippen LogP contribution in [0.5, 0.6) is 11.6 Å². The molecule has 0 atom stereocenters. The molecule has 0 N–H and O–H groups in total. The van der Waals surface area contributed by atoms with Crippen molar-refractivity contribution in [3.05, 3.63) is 53.2 Å². The second-order valence-electron chi connectivity index (χ2n) is 6.63. The van der Waals surface area contributed by atoms with Crippen molar-refractivity contribution < 1.29 is 27.4 Å². The van der Waals surface area contributed by atoms with Gasteiger partial charge < -0.3 is 18.8 Å². The summed E-state index contributed by atoms with van der Waals surface area (Å²) in [7, 11) is 1.52. The van der Waals surface area contributed by atoms with Gasteiger partial charge in [0, 0.05) is 18.8 Å². The van der Waals surface area contributed by atoms with E-state index in [1.165, 1.54) is 17.8 Å². The normalized spacial score (nSPS) is 14.4. The monoisotopic (exact) mass is 440 g/mol. The van der Waals surface area contributed by atoms with Crippen molar-refractivity contribution in [2.45, 2.75) is 18.9 Å². The van der Waals surface area contributed by atoms with Crippen molar-refractivity contribution in [3.8, 4) is 23.0 Å². The summed E-state index contributed by atoms with van der Waals surface area (Å²) in [5.41, 5.74) is 0.393. The molecular weight excluding hydrogens is 425 g/mol. The minimum absolute atomic E-state index is 0.0211. The topological polar surface area (TPSA) is 71.3 Å². The number of halogens is 4. The first kappa shape index (κ1) is 20.4. The van der Waals surface area contributed by atoms with Crippen LogP contribution in [0.4, 0.5) is 13.2 Å². The molecule has 158 valence electrons. The fourth-order valence-corrected chi connectivity index (χ4v) is 2.88. The van der Waals surface area contributed by atoms with Crippen LogP contribution in [-0.4, -0.2) is 38.8 Å². The molecule has 11 heteroatoms. The number of hydrogen-bond donors (Lipinski definition) is 0. The van der Waals surface area contributed by atoms with Crippen molar-refractivity contribution in [2.75, 3.05) is 13.2 Å². The molecule has 1 aliphatic rings. The van der Waals surface area contributed by atoms with Crippen LogP contribution in [0, 0.1) is 0 Å². The summed E-state index contributed by atoms with van der Waals surface area (Å²) >= 11 is 5.85. The summed E-state index contributed by atoms with van der Waals surface area (Å²) in [6, 6.07) is 6.83. The van der Waals surface area contributed by atoms with E-state index in [4.69, 9.17) is 25.8 Å². The summed E-state index contributed by atoms with van der Waals surface area (Å²) in [6.45, 7) is 1.11. The third-order valence-electron chi connectivity index (χ3n) is 4.35. The zero-order valence-corrected chi connectivity index (χ0v) is 16.4. The third kappa shape index (κ3) is 4.49. The highest BCUT2D eigenvalue weighted by atomic mass is 35.5. The summed E-state index contributed by atoms with van der Waals surface area (Å²) < 4.78 is 56.4. The SMILES string of the molecule is Cn1cc(C(F)(F)F)nc1-c1ccc(COc2nc(Cl)ncc2OC2COC2)cc1. The zero-order valence-electron chi connectivity index (χ0n) is 15.7. The number of ether oxygens (including phenoxy) is 3. The van der Waals surface area contributed by atoms with E-state index in [0.717, 1.165) is 11.8 Å². The van der Waals surface area contributed by atoms with Gasteiger partial charge in [-0.3, -0.25) is 0 Å². The predicted octanol–water partition coefficient (Wildman–Crippen LogP) is 3.91. The summed E-state index contributed by atoms with van der Waals surface area (Å²) in [6.07, 6.45) is -2.19. The van der Waals surface area contributed by atoms with Crippen molar-refractivity contribution in [3.63, 3.8) is 0 Å². The maximum absolute atomic E-state index is 12.9. The average molecular weight is 441 g/mol. The standard InChI is InChI=1S/C19H16ClF3N4O3/c1-27-7-15(19(21,22)23)25-16(27)12-4-2-11(3-5-12)8-29-17-14(6-24-18(20)26-17)30-13-9-28-10-13/h2-7,13H,8-10H2,1H3. The molecular formula is C19H16ClF3N4O3. The molecule has 1 fully saturated rings. The molecule has 30 heavy (non-hydrogen) atoms. The minimum Gasteiger partial charge on any atom is -0.478 e. The van der Waals surface area contributed by atoms with E-state index in [2.05, 4.69) is 15.0 Å². The maximum atomic E-state index is 12.9. The number of alkyl halides is 3. The molecule has 7 nitrogen and oxygen atoms in total. The Bertz CT molecular complexity index is 1040. The largest absolute Gasteiger partial charge is 0.478 e. The summed E-state index contributed by atoms with van der Waals surface area (Å²) in [5, 5.41) is 0.0211. The summed E-state index contributed by atoms with van der Waals surface area (Å²) in [5.74, 6) is 0.776. The Morgan fingerprint density at radius 2 is 1.93 bits per heavy atom. The van der Waals surface area contributed by atoms with E-state index in [9.17, 15) is 13.2 Å². The van der Waals surface area contributed by atoms with E-state index >= 15 is 0 Å². The van der Waals surface area contributed by atoms with E-state index in [-0.39, 0.29) is 29.7 Å². The lowest BCUT2D eigenvalue weighted by Gasteiger charge is -2.27. The van der Waals surface area contributed by atoms with Crippen LogP contribution in [0.15, 0.2) is 36.7 Å². The third-order valence-corrected chi connectivity index (χ3v) is 4.53. The van der Waals surface area contributed by atoms with Gasteiger partial charge in [-0.25, -0.2) is 9.97 Å². The van der Waals surface area contributed by atoms with Gasteiger partial charge in [0.15, 0.2) is 5.69 Å². The highest BCUT2D eigenvalue weighted by Crippen LogP contribution is 2.31. The van der Waals surface area contributed by atoms with E-state index < -0.39 is 11.9 Å². The molecule has 3 heterocycles. The molecule has 1 aromatic carbocycles. The lowest BCUT2D eigenvalue weighted by Crippen LogP contribution is -2.38. The van der Waals surface area contributed by atoms with Crippen molar-refractivity contribution >= 4 is 11.6 Å². The first-order valence-corrected chi connectivity index (χ1v) is 9.27. The van der Waals surface area contributed by atoms with Gasteiger partial charge in [0.05, 0.1) is 19.4 Å². The quantitative estimate of drug-likeness (QED) is 0.541. The first-order valence-electron chi connectivity index (χ1n) is 8.89. The van der Waals surface area contributed by atoms with E-state index in [1.54, 1.807) is 24.3 Å². The van der Waals surface area contributed by atoms with Crippen molar-refractivity contribution in [1.29, 1.82) is 0 Å². The molecule has 2 aromatic heterocycles. The van der Waals surface area contributed by atoms with Crippen LogP contribution in [-0.2, 0) is 24.6 Å². The van der Waals surface area contributed by atoms with Crippen LogP contribution in [0.1, 0.15) is 11.3 Å². The highest BCUT2D eigenvalue weighted by molar-refractivity contribution is 6.28. The number of imidazole rings is 1. The van der Waals surface area contributed by atoms with Crippen LogP contribution in [0.25, 0.3) is 11.4 Å². The number of rotatable bonds is 6. The fraction of sp³-hybridized carbons (Fsp3) is 0.316. The van der Waals surface area contributed by atoms with Crippen molar-refractivity contribution in [1.82, 2.24) is 19.5 Å². The van der Waals surface area contributed by atoms with Gasteiger partial charge in [-0.1, -0.05) is 24.3 Å². The van der Waals surface area contributed by atoms with Gasteiger partial charge in [0.2, 0.25) is 11.0 Å². The Hall–Kier alpha value is -2.85. The van der Waals surface area contributed by atoms with E-state index in [0.29, 0.717) is 24.5 Å². The maximum Gasteiger partial charge on any atom is 0.434 e. The van der Waals surface area contributed by atoms with Crippen LogP contribution < -0.4 is 9.47 Å². The molecule has 0 spiro atoms. The Balaban J connectivity index is 1.46. The predicted molar refractivity (Wildman–Crippen MR) is 100 cm³/mol. The van der Waals surface area contributed by atoms with Gasteiger partial charge in [-0.15, -0.1) is 0 Å². The average Bonchev–Trinajstić information content (AvgIpc) is 3.07. The fourth-order valence-electron chi connectivity index (χ4n) is 2.75. The Morgan fingerprint density at radius 3 is 2.53 bits per heavy atom. The smallest absolute Gasteiger partial charge is 0.434 e. The van der Waals surface area contributed by atoms with Gasteiger partial charge >= 0.3 is 6.18 Å². The number of hydrogen-bond acceptors (Lipinski definition) is 6.